The molecule has 6 unspecified atom stereocenters. The summed E-state index contributed by atoms with van der Waals surface area (Å²) in [5.41, 5.74) is -0.496. The van der Waals surface area contributed by atoms with Gasteiger partial charge in [0.05, 0.1) is 25.7 Å². The van der Waals surface area contributed by atoms with E-state index in [1.54, 1.807) is 0 Å². The molecule has 174 valence electrons. The van der Waals surface area contributed by atoms with Gasteiger partial charge in [0.25, 0.3) is 10.1 Å². The van der Waals surface area contributed by atoms with E-state index in [2.05, 4.69) is 0 Å². The molecule has 5 rings (SSSR count). The second-order valence-electron chi connectivity index (χ2n) is 9.62. The predicted molar refractivity (Wildman–Crippen MR) is 107 cm³/mol. The van der Waals surface area contributed by atoms with Gasteiger partial charge in [-0.1, -0.05) is 6.92 Å². The van der Waals surface area contributed by atoms with E-state index < -0.39 is 51.0 Å². The van der Waals surface area contributed by atoms with Crippen LogP contribution in [0, 0.1) is 17.8 Å². The van der Waals surface area contributed by atoms with Crippen molar-refractivity contribution in [2.45, 2.75) is 68.5 Å². The van der Waals surface area contributed by atoms with Crippen molar-refractivity contribution in [3.05, 3.63) is 0 Å². The van der Waals surface area contributed by atoms with E-state index in [1.807, 2.05) is 11.8 Å². The van der Waals surface area contributed by atoms with E-state index >= 15 is 0 Å². The van der Waals surface area contributed by atoms with Gasteiger partial charge in [-0.25, -0.2) is 0 Å². The van der Waals surface area contributed by atoms with Crippen molar-refractivity contribution in [3.8, 4) is 0 Å². The van der Waals surface area contributed by atoms with Crippen molar-refractivity contribution in [2.24, 2.45) is 17.8 Å². The van der Waals surface area contributed by atoms with Crippen LogP contribution in [0.3, 0.4) is 0 Å². The normalized spacial score (nSPS) is 40.2. The molecule has 3 saturated carbocycles. The van der Waals surface area contributed by atoms with Gasteiger partial charge < -0.3 is 14.2 Å². The Morgan fingerprint density at radius 1 is 1.13 bits per heavy atom. The quantitative estimate of drug-likeness (QED) is 0.424. The molecule has 3 aliphatic carbocycles. The third-order valence-corrected chi connectivity index (χ3v) is 9.80. The zero-order valence-electron chi connectivity index (χ0n) is 17.9. The van der Waals surface area contributed by atoms with Gasteiger partial charge in [-0.3, -0.25) is 18.7 Å². The number of carbonyl (C=O) groups excluding carboxylic acids is 2. The molecule has 0 radical (unpaired) electrons. The minimum Gasteiger partial charge on any atom is -0.459 e. The van der Waals surface area contributed by atoms with E-state index in [9.17, 15) is 18.0 Å². The summed E-state index contributed by atoms with van der Waals surface area (Å²) in [6.45, 7) is 4.56. The molecular formula is C21H31NO8S. The van der Waals surface area contributed by atoms with Gasteiger partial charge >= 0.3 is 11.9 Å². The lowest BCUT2D eigenvalue weighted by molar-refractivity contribution is -0.174. The molecule has 5 fully saturated rings. The highest BCUT2D eigenvalue weighted by molar-refractivity contribution is 7.87. The molecule has 0 aromatic rings. The molecule has 10 heteroatoms. The van der Waals surface area contributed by atoms with E-state index in [4.69, 9.17) is 18.4 Å². The Balaban J connectivity index is 1.32. The van der Waals surface area contributed by atoms with Crippen molar-refractivity contribution in [2.75, 3.05) is 32.8 Å². The van der Waals surface area contributed by atoms with Gasteiger partial charge in [0.2, 0.25) is 0 Å². The Hall–Kier alpha value is -1.23. The molecule has 0 aromatic heterocycles. The number of carbonyl (C=O) groups is 2. The Bertz CT molecular complexity index is 832. The van der Waals surface area contributed by atoms with E-state index in [0.717, 1.165) is 25.7 Å². The Labute approximate surface area is 182 Å². The van der Waals surface area contributed by atoms with Gasteiger partial charge in [-0.15, -0.1) is 0 Å². The SMILES string of the molecule is CCC1(OC(=O)C2C3CC4C(OS(=O)(=O)C42)C3OC(=O)CN2CCOCC2)CCCC1. The van der Waals surface area contributed by atoms with Crippen LogP contribution in [-0.4, -0.2) is 81.2 Å². The molecular weight excluding hydrogens is 426 g/mol. The van der Waals surface area contributed by atoms with E-state index in [0.29, 0.717) is 39.1 Å². The second kappa shape index (κ2) is 7.97. The van der Waals surface area contributed by atoms with Gasteiger partial charge in [0, 0.05) is 24.9 Å². The van der Waals surface area contributed by atoms with Crippen LogP contribution >= 0.6 is 0 Å². The first-order valence-electron chi connectivity index (χ1n) is 11.5. The van der Waals surface area contributed by atoms with Crippen LogP contribution in [0.15, 0.2) is 0 Å². The lowest BCUT2D eigenvalue weighted by Crippen LogP contribution is -2.48. The van der Waals surface area contributed by atoms with Crippen LogP contribution in [0.5, 0.6) is 0 Å². The Morgan fingerprint density at radius 3 is 2.52 bits per heavy atom. The molecule has 2 bridgehead atoms. The Morgan fingerprint density at radius 2 is 1.84 bits per heavy atom. The number of fused-ring (bicyclic) bond motifs is 1. The minimum atomic E-state index is -3.90. The van der Waals surface area contributed by atoms with Crippen molar-refractivity contribution >= 4 is 22.1 Å². The fourth-order valence-electron chi connectivity index (χ4n) is 6.41. The monoisotopic (exact) mass is 457 g/mol. The predicted octanol–water partition coefficient (Wildman–Crippen LogP) is 0.860. The van der Waals surface area contributed by atoms with Gasteiger partial charge in [0.1, 0.15) is 23.1 Å². The van der Waals surface area contributed by atoms with Crippen LogP contribution in [0.4, 0.5) is 0 Å². The summed E-state index contributed by atoms with van der Waals surface area (Å²) in [6, 6.07) is 0. The van der Waals surface area contributed by atoms with Crippen molar-refractivity contribution in [1.29, 1.82) is 0 Å². The summed E-state index contributed by atoms with van der Waals surface area (Å²) in [7, 11) is -3.90. The first kappa shape index (κ1) is 21.6. The topological polar surface area (TPSA) is 108 Å². The van der Waals surface area contributed by atoms with Crippen molar-refractivity contribution in [1.82, 2.24) is 4.90 Å². The zero-order chi connectivity index (χ0) is 21.8. The average Bonchev–Trinajstić information content (AvgIpc) is 3.46. The highest BCUT2D eigenvalue weighted by Gasteiger charge is 2.72. The number of esters is 2. The summed E-state index contributed by atoms with van der Waals surface area (Å²) in [5.74, 6) is -2.43. The zero-order valence-corrected chi connectivity index (χ0v) is 18.7. The van der Waals surface area contributed by atoms with Crippen LogP contribution in [0.25, 0.3) is 0 Å². The molecule has 2 saturated heterocycles. The molecule has 31 heavy (non-hydrogen) atoms. The molecule has 2 heterocycles. The fraction of sp³-hybridized carbons (Fsp3) is 0.905. The molecule has 5 aliphatic rings. The van der Waals surface area contributed by atoms with Crippen LogP contribution in [0.1, 0.15) is 45.4 Å². The lowest BCUT2D eigenvalue weighted by Gasteiger charge is -2.34. The maximum atomic E-state index is 13.3. The first-order valence-corrected chi connectivity index (χ1v) is 13.0. The maximum Gasteiger partial charge on any atom is 0.320 e. The molecule has 0 spiro atoms. The van der Waals surface area contributed by atoms with Crippen LogP contribution < -0.4 is 0 Å². The van der Waals surface area contributed by atoms with Gasteiger partial charge in [-0.2, -0.15) is 8.42 Å². The van der Waals surface area contributed by atoms with Crippen LogP contribution in [0.2, 0.25) is 0 Å². The summed E-state index contributed by atoms with van der Waals surface area (Å²) in [5, 5.41) is -0.889. The molecule has 6 atom stereocenters. The maximum absolute atomic E-state index is 13.3. The largest absolute Gasteiger partial charge is 0.459 e. The standard InChI is InChI=1S/C21H31NO8S/c1-2-21(5-3-4-6-21)29-20(24)16-13-11-14-18(30-31(25,26)19(14)16)17(13)28-15(23)12-22-7-9-27-10-8-22/h13-14,16-19H,2-12H2,1H3. The minimum absolute atomic E-state index is 0.119. The summed E-state index contributed by atoms with van der Waals surface area (Å²) in [4.78, 5) is 27.8. The van der Waals surface area contributed by atoms with E-state index in [-0.39, 0.29) is 18.4 Å². The smallest absolute Gasteiger partial charge is 0.320 e. The number of ether oxygens (including phenoxy) is 3. The number of rotatable bonds is 6. The Kier molecular flexibility index (Phi) is 5.55. The molecule has 0 N–H and O–H groups in total. The fourth-order valence-corrected chi connectivity index (χ4v) is 8.47. The third-order valence-electron chi connectivity index (χ3n) is 8.00. The average molecular weight is 458 g/mol. The molecule has 0 amide bonds. The van der Waals surface area contributed by atoms with Crippen molar-refractivity contribution < 1.29 is 36.4 Å². The highest BCUT2D eigenvalue weighted by Crippen LogP contribution is 2.59. The number of morpholine rings is 1. The van der Waals surface area contributed by atoms with Crippen LogP contribution in [-0.2, 0) is 38.1 Å². The number of hydrogen-bond acceptors (Lipinski definition) is 9. The van der Waals surface area contributed by atoms with Crippen molar-refractivity contribution in [3.63, 3.8) is 0 Å². The van der Waals surface area contributed by atoms with Gasteiger partial charge in [0.15, 0.2) is 0 Å². The second-order valence-corrected chi connectivity index (χ2v) is 11.3. The third kappa shape index (κ3) is 3.69. The summed E-state index contributed by atoms with van der Waals surface area (Å²) < 4.78 is 47.9. The summed E-state index contributed by atoms with van der Waals surface area (Å²) in [6.07, 6.45) is 3.43. The molecule has 9 nitrogen and oxygen atoms in total. The molecule has 0 aromatic carbocycles. The molecule has 2 aliphatic heterocycles. The number of nitrogens with zero attached hydrogens (tertiary/aromatic N) is 1. The summed E-state index contributed by atoms with van der Waals surface area (Å²) >= 11 is 0. The lowest BCUT2D eigenvalue weighted by atomic mass is 9.84. The van der Waals surface area contributed by atoms with E-state index in [1.165, 1.54) is 0 Å². The highest BCUT2D eigenvalue weighted by atomic mass is 32.2. The van der Waals surface area contributed by atoms with Gasteiger partial charge in [-0.05, 0) is 38.5 Å². The first-order chi connectivity index (χ1) is 14.8. The number of hydrogen-bond donors (Lipinski definition) is 0.